The van der Waals surface area contributed by atoms with Crippen LogP contribution in [0.3, 0.4) is 0 Å². The van der Waals surface area contributed by atoms with Gasteiger partial charge in [0.05, 0.1) is 39.1 Å². The molecule has 2 amide bonds. The predicted molar refractivity (Wildman–Crippen MR) is 282 cm³/mol. The van der Waals surface area contributed by atoms with Crippen molar-refractivity contribution >= 4 is 75.2 Å². The third-order valence-corrected chi connectivity index (χ3v) is 24.3. The van der Waals surface area contributed by atoms with Gasteiger partial charge in [0.25, 0.3) is 0 Å². The van der Waals surface area contributed by atoms with Crippen LogP contribution in [-0.2, 0) is 31.9 Å². The highest BCUT2D eigenvalue weighted by molar-refractivity contribution is 6.84. The number of hydrogen-bond acceptors (Lipinski definition) is 19. The molecule has 4 aromatic rings. The summed E-state index contributed by atoms with van der Waals surface area (Å²) in [5.41, 5.74) is -2.66. The van der Waals surface area contributed by atoms with E-state index in [9.17, 15) is 19.8 Å². The number of amides is 2. The normalized spacial score (nSPS) is 26.3. The lowest BCUT2D eigenvalue weighted by Gasteiger charge is -2.51. The maximum atomic E-state index is 17.4. The van der Waals surface area contributed by atoms with E-state index in [1.807, 2.05) is 6.92 Å². The Bertz CT molecular complexity index is 2540. The molecule has 0 spiro atoms. The van der Waals surface area contributed by atoms with Gasteiger partial charge in [-0.3, -0.25) is 19.8 Å². The molecule has 7 rings (SSSR count). The molecular weight excluding hydrogens is 1010 g/mol. The van der Waals surface area contributed by atoms with E-state index in [2.05, 4.69) is 113 Å². The van der Waals surface area contributed by atoms with E-state index < -0.39 is 84.1 Å². The van der Waals surface area contributed by atoms with E-state index in [4.69, 9.17) is 31.9 Å². The molecular formula is C48H80F2N12O11Si2. The van der Waals surface area contributed by atoms with Gasteiger partial charge < -0.3 is 52.8 Å². The van der Waals surface area contributed by atoms with Gasteiger partial charge in [-0.25, -0.2) is 28.3 Å². The van der Waals surface area contributed by atoms with Crippen LogP contribution >= 0.6 is 0 Å². The number of fused-ring (bicyclic) bond motifs is 3. The number of halogens is 2. The summed E-state index contributed by atoms with van der Waals surface area (Å²) in [6, 6.07) is 0. The van der Waals surface area contributed by atoms with Gasteiger partial charge in [0.1, 0.15) is 24.4 Å². The van der Waals surface area contributed by atoms with E-state index in [0.29, 0.717) is 34.9 Å². The smallest absolute Gasteiger partial charge is 0.414 e. The van der Waals surface area contributed by atoms with E-state index in [1.165, 1.54) is 31.1 Å². The minimum atomic E-state index is -3.09. The fraction of sp³-hybridized carbons (Fsp3) is 0.750. The number of carbonyl (C=O) groups excluding carboxylic acids is 2. The lowest BCUT2D eigenvalue weighted by Crippen LogP contribution is -2.66. The van der Waals surface area contributed by atoms with E-state index in [-0.39, 0.29) is 52.9 Å². The van der Waals surface area contributed by atoms with Crippen molar-refractivity contribution in [2.45, 2.75) is 192 Å². The number of ether oxygens (including phenoxy) is 4. The first-order valence-electron chi connectivity index (χ1n) is 26.2. The van der Waals surface area contributed by atoms with Crippen molar-refractivity contribution in [1.82, 2.24) is 39.0 Å². The van der Waals surface area contributed by atoms with Gasteiger partial charge in [0.15, 0.2) is 57.8 Å². The Kier molecular flexibility index (Phi) is 19.6. The number of aromatic nitrogens is 8. The van der Waals surface area contributed by atoms with Crippen molar-refractivity contribution in [3.8, 4) is 0 Å². The van der Waals surface area contributed by atoms with Gasteiger partial charge in [0.2, 0.25) is 11.9 Å². The third kappa shape index (κ3) is 12.2. The Balaban J connectivity index is 0.000000264. The average Bonchev–Trinajstić information content (AvgIpc) is 4.08. The van der Waals surface area contributed by atoms with Crippen LogP contribution in [0.25, 0.3) is 22.3 Å². The fourth-order valence-electron chi connectivity index (χ4n) is 9.94. The van der Waals surface area contributed by atoms with Crippen LogP contribution < -0.4 is 21.3 Å². The molecule has 75 heavy (non-hydrogen) atoms. The second-order valence-corrected chi connectivity index (χ2v) is 29.7. The zero-order valence-electron chi connectivity index (χ0n) is 45.9. The maximum Gasteiger partial charge on any atom is 0.414 e. The standard InChI is InChI=1S/C30H53FN6O6Si2.C18H27FN6O5/c1-12-13-14-15-39-29(38)36-28-34-25(32-11)23-26(35-28)37(17-33-23)27-30(10,31)24-22(41-27)16-40-44(18(2)3,19(4)5)43-45(42-24,20(6)7)21(8)9;1-4-5-6-7-29-17(28)24-16-22-13(20-3)11-14(23-16)25(9-21-11)15-18(2,19)12(27)10(8-26)30-15/h17-22,24,27H,12-16H2,1-11H3,(H2,32,34,35,36,38);9-10,12,15,26-27H,4-8H2,1-3H3,(H2,20,22,23,24,28)/t22-,24-,27-,30-;10-,12-,15-,18-/m11/s1. The van der Waals surface area contributed by atoms with E-state index in [1.54, 1.807) is 18.7 Å². The first-order valence-corrected chi connectivity index (χ1v) is 30.1. The van der Waals surface area contributed by atoms with Crippen LogP contribution in [0.15, 0.2) is 12.7 Å². The van der Waals surface area contributed by atoms with Gasteiger partial charge in [-0.2, -0.15) is 19.9 Å². The first kappa shape index (κ1) is 59.5. The van der Waals surface area contributed by atoms with Crippen molar-refractivity contribution in [2.24, 2.45) is 0 Å². The number of nitrogens with zero attached hydrogens (tertiary/aromatic N) is 8. The Hall–Kier alpha value is -4.75. The second-order valence-electron chi connectivity index (χ2n) is 20.9. The van der Waals surface area contributed by atoms with E-state index >= 15 is 8.78 Å². The molecule has 23 nitrogen and oxygen atoms in total. The largest absolute Gasteiger partial charge is 0.449 e. The molecule has 8 atom stereocenters. The zero-order chi connectivity index (χ0) is 55.2. The predicted octanol–water partition coefficient (Wildman–Crippen LogP) is 8.77. The average molecular weight is 1100 g/mol. The number of aliphatic hydroxyl groups is 2. The summed E-state index contributed by atoms with van der Waals surface area (Å²) >= 11 is 0. The SMILES string of the molecule is CCCCCOC(=O)Nc1nc(NC)c2ncn([C@@H]3O[C@@H]4CO[Si](C(C)C)(C(C)C)O[Si](C(C)C)(C(C)C)O[C@H]4[C@@]3(C)F)c2n1.CCCCCOC(=O)Nc1nc(NC)c2ncn([C@@H]3O[C@H](CO)[C@@H](O)[C@@]3(C)F)c2n1. The molecule has 27 heteroatoms. The molecule has 3 saturated heterocycles. The molecule has 7 heterocycles. The molecule has 420 valence electrons. The molecule has 6 N–H and O–H groups in total. The number of nitrogens with one attached hydrogen (secondary N) is 4. The molecule has 0 saturated carbocycles. The minimum absolute atomic E-state index is 0.00217. The van der Waals surface area contributed by atoms with Crippen LogP contribution in [0, 0.1) is 0 Å². The van der Waals surface area contributed by atoms with Crippen LogP contribution in [0.4, 0.5) is 41.9 Å². The number of alkyl halides is 2. The van der Waals surface area contributed by atoms with Crippen molar-refractivity contribution in [2.75, 3.05) is 61.8 Å². The minimum Gasteiger partial charge on any atom is -0.449 e. The van der Waals surface area contributed by atoms with Crippen molar-refractivity contribution < 1.29 is 60.5 Å². The number of hydrogen-bond donors (Lipinski definition) is 6. The molecule has 3 fully saturated rings. The lowest BCUT2D eigenvalue weighted by molar-refractivity contribution is -0.0594. The highest BCUT2D eigenvalue weighted by Crippen LogP contribution is 2.52. The summed E-state index contributed by atoms with van der Waals surface area (Å²) in [4.78, 5) is 50.6. The first-order chi connectivity index (χ1) is 35.5. The Morgan fingerprint density at radius 3 is 1.59 bits per heavy atom. The number of rotatable bonds is 19. The number of imidazole rings is 2. The fourth-order valence-corrected chi connectivity index (χ4v) is 21.2. The third-order valence-electron chi connectivity index (χ3n) is 14.1. The summed E-state index contributed by atoms with van der Waals surface area (Å²) in [6.07, 6.45) is 0.152. The second kappa shape index (κ2) is 24.7. The molecule has 0 aliphatic carbocycles. The summed E-state index contributed by atoms with van der Waals surface area (Å²) in [7, 11) is -2.62. The van der Waals surface area contributed by atoms with Crippen LogP contribution in [-0.4, -0.2) is 155 Å². The Labute approximate surface area is 439 Å². The molecule has 3 aliphatic heterocycles. The number of unbranched alkanes of at least 4 members (excludes halogenated alkanes) is 4. The van der Waals surface area contributed by atoms with Gasteiger partial charge in [0, 0.05) is 14.1 Å². The summed E-state index contributed by atoms with van der Waals surface area (Å²) in [6.45, 7) is 24.0. The Morgan fingerprint density at radius 2 is 1.19 bits per heavy atom. The molecule has 4 aromatic heterocycles. The topological polar surface area (TPSA) is 275 Å². The van der Waals surface area contributed by atoms with Crippen LogP contribution in [0.5, 0.6) is 0 Å². The summed E-state index contributed by atoms with van der Waals surface area (Å²) in [5.74, 6) is 0.611. The summed E-state index contributed by atoms with van der Waals surface area (Å²) in [5, 5.41) is 30.4. The zero-order valence-corrected chi connectivity index (χ0v) is 47.9. The van der Waals surface area contributed by atoms with Crippen molar-refractivity contribution in [1.29, 1.82) is 0 Å². The molecule has 0 aromatic carbocycles. The Morgan fingerprint density at radius 1 is 0.733 bits per heavy atom. The van der Waals surface area contributed by atoms with Crippen LogP contribution in [0.2, 0.25) is 22.2 Å². The van der Waals surface area contributed by atoms with Crippen molar-refractivity contribution in [3.05, 3.63) is 12.7 Å². The molecule has 0 radical (unpaired) electrons. The van der Waals surface area contributed by atoms with Crippen LogP contribution in [0.1, 0.15) is 134 Å². The highest BCUT2D eigenvalue weighted by Gasteiger charge is 2.65. The number of anilines is 4. The van der Waals surface area contributed by atoms with E-state index in [0.717, 1.165) is 38.5 Å². The van der Waals surface area contributed by atoms with Gasteiger partial charge in [-0.15, -0.1) is 0 Å². The van der Waals surface area contributed by atoms with Crippen molar-refractivity contribution in [3.63, 3.8) is 0 Å². The number of aliphatic hydroxyl groups excluding tert-OH is 2. The maximum absolute atomic E-state index is 17.4. The van der Waals surface area contributed by atoms with Gasteiger partial charge >= 0.3 is 29.3 Å². The van der Waals surface area contributed by atoms with Gasteiger partial charge in [-0.1, -0.05) is 94.9 Å². The lowest BCUT2D eigenvalue weighted by atomic mass is 9.98. The molecule has 0 bridgehead atoms. The monoisotopic (exact) mass is 1090 g/mol. The number of carbonyl (C=O) groups is 2. The molecule has 0 unspecified atom stereocenters. The summed E-state index contributed by atoms with van der Waals surface area (Å²) < 4.78 is 79.0. The quantitative estimate of drug-likeness (QED) is 0.0378. The highest BCUT2D eigenvalue weighted by atomic mass is 28.5. The molecule has 3 aliphatic rings. The van der Waals surface area contributed by atoms with Gasteiger partial charge in [-0.05, 0) is 48.9 Å².